The largest absolute Gasteiger partial charge is 0.494 e. The number of aromatic amines is 2. The number of nitrogens with one attached hydrogen (secondary N) is 2. The number of aromatic hydroxyl groups is 2. The van der Waals surface area contributed by atoms with Gasteiger partial charge in [-0.05, 0) is 56.6 Å². The molecule has 8 heteroatoms. The molecule has 2 heterocycles. The van der Waals surface area contributed by atoms with Crippen LogP contribution in [0.25, 0.3) is 64.6 Å². The van der Waals surface area contributed by atoms with Crippen molar-refractivity contribution in [2.45, 2.75) is 0 Å². The molecule has 0 unspecified atom stereocenters. The molecule has 4 N–H and O–H groups in total. The summed E-state index contributed by atoms with van der Waals surface area (Å²) >= 11 is 0. The molecule has 0 amide bonds. The smallest absolute Gasteiger partial charge is 0.273 e. The van der Waals surface area contributed by atoms with Crippen molar-refractivity contribution in [3.63, 3.8) is 0 Å². The molecule has 8 nitrogen and oxygen atoms in total. The molecule has 0 spiro atoms. The lowest BCUT2D eigenvalue weighted by atomic mass is 9.86. The average Bonchev–Trinajstić information content (AvgIpc) is 2.79. The zero-order chi connectivity index (χ0) is 21.7. The van der Waals surface area contributed by atoms with Gasteiger partial charge < -0.3 is 10.2 Å². The summed E-state index contributed by atoms with van der Waals surface area (Å²) in [6.45, 7) is 0. The fraction of sp³-hybridized carbons (Fsp3) is 0. The van der Waals surface area contributed by atoms with Crippen LogP contribution in [0, 0.1) is 0 Å². The van der Waals surface area contributed by atoms with E-state index in [1.165, 1.54) is 0 Å². The van der Waals surface area contributed by atoms with E-state index in [0.29, 0.717) is 32.3 Å². The predicted molar refractivity (Wildman–Crippen MR) is 123 cm³/mol. The molecule has 7 rings (SSSR count). The maximum Gasteiger partial charge on any atom is 0.273 e. The molecule has 0 fully saturated rings. The maximum atomic E-state index is 12.7. The van der Waals surface area contributed by atoms with Crippen LogP contribution in [-0.4, -0.2) is 30.6 Å². The van der Waals surface area contributed by atoms with Crippen LogP contribution in [0.1, 0.15) is 0 Å². The zero-order valence-corrected chi connectivity index (χ0v) is 16.2. The highest BCUT2D eigenvalue weighted by Gasteiger charge is 2.20. The first-order valence-electron chi connectivity index (χ1n) is 9.90. The molecule has 0 aliphatic carbocycles. The minimum absolute atomic E-state index is 0.170. The highest BCUT2D eigenvalue weighted by Crippen LogP contribution is 2.45. The highest BCUT2D eigenvalue weighted by molar-refractivity contribution is 6.39. The van der Waals surface area contributed by atoms with Crippen molar-refractivity contribution in [3.05, 3.63) is 69.2 Å². The monoisotopic (exact) mass is 420 g/mol. The summed E-state index contributed by atoms with van der Waals surface area (Å²) < 4.78 is 0. The summed E-state index contributed by atoms with van der Waals surface area (Å²) in [6.07, 6.45) is 0. The first-order chi connectivity index (χ1) is 15.5. The van der Waals surface area contributed by atoms with E-state index in [9.17, 15) is 19.8 Å². The van der Waals surface area contributed by atoms with Gasteiger partial charge >= 0.3 is 0 Å². The average molecular weight is 420 g/mol. The number of benzene rings is 5. The van der Waals surface area contributed by atoms with E-state index in [0.717, 1.165) is 32.3 Å². The van der Waals surface area contributed by atoms with Gasteiger partial charge in [0.2, 0.25) is 5.88 Å². The molecular formula is C24H12N4O4. The lowest BCUT2D eigenvalue weighted by Gasteiger charge is -2.17. The van der Waals surface area contributed by atoms with Gasteiger partial charge in [0.15, 0.2) is 5.88 Å². The van der Waals surface area contributed by atoms with Gasteiger partial charge in [-0.15, -0.1) is 0 Å². The minimum atomic E-state index is -0.418. The Hall–Kier alpha value is -4.72. The number of aromatic nitrogens is 4. The van der Waals surface area contributed by atoms with Crippen molar-refractivity contribution in [1.29, 1.82) is 0 Å². The summed E-state index contributed by atoms with van der Waals surface area (Å²) in [5.41, 5.74) is -0.775. The standard InChI is InChI=1S/C24H12N4O4/c29-21-13-5-1-9-11-3-7-15-20-16(24(32)27-28-26-23(15)31)8-4-12(18(11)20)10-2-6-14(22(30)25-21)19(13)17(9)10/h1-8H,(H2,25,29,30)(H2,26,27,31,32). The molecular weight excluding hydrogens is 408 g/mol. The second-order valence-corrected chi connectivity index (χ2v) is 7.91. The van der Waals surface area contributed by atoms with E-state index >= 15 is 0 Å². The molecule has 5 aromatic carbocycles. The molecule has 0 saturated carbocycles. The van der Waals surface area contributed by atoms with Gasteiger partial charge in [-0.3, -0.25) is 14.6 Å². The summed E-state index contributed by atoms with van der Waals surface area (Å²) in [5.74, 6) is -0.460. The molecule has 2 aromatic heterocycles. The Bertz CT molecular complexity index is 2040. The van der Waals surface area contributed by atoms with Crippen molar-refractivity contribution < 1.29 is 10.2 Å². The van der Waals surface area contributed by atoms with Crippen LogP contribution in [0.2, 0.25) is 0 Å². The van der Waals surface area contributed by atoms with Crippen LogP contribution in [0.15, 0.2) is 58.1 Å². The molecule has 7 aromatic rings. The Morgan fingerprint density at radius 1 is 0.562 bits per heavy atom. The molecule has 0 radical (unpaired) electrons. The number of nitrogens with zero attached hydrogens (tertiary/aromatic N) is 2. The van der Waals surface area contributed by atoms with Crippen molar-refractivity contribution in [2.24, 2.45) is 0 Å². The van der Waals surface area contributed by atoms with E-state index in [1.54, 1.807) is 24.3 Å². The quantitative estimate of drug-likeness (QED) is 0.219. The second kappa shape index (κ2) is 5.50. The fourth-order valence-electron chi connectivity index (χ4n) is 5.13. The highest BCUT2D eigenvalue weighted by atomic mass is 16.3. The fourth-order valence-corrected chi connectivity index (χ4v) is 5.13. The van der Waals surface area contributed by atoms with E-state index in [1.807, 2.05) is 24.3 Å². The summed E-state index contributed by atoms with van der Waals surface area (Å²) in [5, 5.41) is 38.7. The molecule has 0 aliphatic rings. The summed E-state index contributed by atoms with van der Waals surface area (Å²) in [7, 11) is 0. The summed E-state index contributed by atoms with van der Waals surface area (Å²) in [4.78, 5) is 27.7. The van der Waals surface area contributed by atoms with Gasteiger partial charge in [-0.25, -0.2) is 5.10 Å². The second-order valence-electron chi connectivity index (χ2n) is 7.91. The zero-order valence-electron chi connectivity index (χ0n) is 16.2. The van der Waals surface area contributed by atoms with Crippen molar-refractivity contribution >= 4 is 64.6 Å². The third-order valence-electron chi connectivity index (χ3n) is 6.42. The van der Waals surface area contributed by atoms with Crippen LogP contribution in [0.5, 0.6) is 11.8 Å². The molecule has 0 atom stereocenters. The van der Waals surface area contributed by atoms with Gasteiger partial charge in [-0.1, -0.05) is 34.6 Å². The normalized spacial score (nSPS) is 12.2. The van der Waals surface area contributed by atoms with Gasteiger partial charge in [0.1, 0.15) is 0 Å². The number of rotatable bonds is 0. The number of fused-ring (bicyclic) bond motifs is 2. The van der Waals surface area contributed by atoms with Crippen molar-refractivity contribution in [2.75, 3.05) is 0 Å². The Morgan fingerprint density at radius 2 is 1.00 bits per heavy atom. The molecule has 152 valence electrons. The Balaban J connectivity index is 1.91. The topological polar surface area (TPSA) is 132 Å². The van der Waals surface area contributed by atoms with Crippen molar-refractivity contribution in [3.8, 4) is 11.8 Å². The molecule has 32 heavy (non-hydrogen) atoms. The van der Waals surface area contributed by atoms with Crippen LogP contribution in [-0.2, 0) is 0 Å². The van der Waals surface area contributed by atoms with Crippen LogP contribution in [0.4, 0.5) is 0 Å². The van der Waals surface area contributed by atoms with Gasteiger partial charge in [0.25, 0.3) is 11.1 Å². The Morgan fingerprint density at radius 3 is 1.62 bits per heavy atom. The van der Waals surface area contributed by atoms with Gasteiger partial charge in [-0.2, -0.15) is 0 Å². The molecule has 0 saturated heterocycles. The van der Waals surface area contributed by atoms with Crippen molar-refractivity contribution in [1.82, 2.24) is 20.4 Å². The third-order valence-corrected chi connectivity index (χ3v) is 6.42. The number of pyridine rings is 1. The van der Waals surface area contributed by atoms with E-state index in [-0.39, 0.29) is 17.3 Å². The third kappa shape index (κ3) is 1.87. The van der Waals surface area contributed by atoms with E-state index in [4.69, 9.17) is 0 Å². The van der Waals surface area contributed by atoms with Gasteiger partial charge in [0.05, 0.1) is 0 Å². The Kier molecular flexibility index (Phi) is 2.92. The molecule has 0 aliphatic heterocycles. The Labute approximate surface area is 176 Å². The number of hydrogen-bond acceptors (Lipinski definition) is 6. The molecule has 0 bridgehead atoms. The summed E-state index contributed by atoms with van der Waals surface area (Å²) in [6, 6.07) is 14.5. The first kappa shape index (κ1) is 17.0. The number of H-pyrrole nitrogens is 2. The maximum absolute atomic E-state index is 12.7. The van der Waals surface area contributed by atoms with Crippen LogP contribution >= 0.6 is 0 Å². The first-order valence-corrected chi connectivity index (χ1v) is 9.90. The lowest BCUT2D eigenvalue weighted by molar-refractivity contribution is 0.450. The SMILES string of the molecule is O=c1[nH]nnc(O)c2ccc3c4ccc5c(=O)[nH]c(O)c6ccc(c7ccc1c2c73)c4c65. The van der Waals surface area contributed by atoms with E-state index < -0.39 is 5.56 Å². The van der Waals surface area contributed by atoms with Gasteiger partial charge in [0, 0.05) is 32.3 Å². The predicted octanol–water partition coefficient (Wildman–Crippen LogP) is 3.62. The lowest BCUT2D eigenvalue weighted by Crippen LogP contribution is -2.07. The van der Waals surface area contributed by atoms with E-state index in [2.05, 4.69) is 20.4 Å². The van der Waals surface area contributed by atoms with Crippen LogP contribution in [0.3, 0.4) is 0 Å². The number of hydrogen-bond donors (Lipinski definition) is 4. The minimum Gasteiger partial charge on any atom is -0.494 e. The van der Waals surface area contributed by atoms with Crippen LogP contribution < -0.4 is 11.1 Å².